The number of piperidine rings is 1. The smallest absolute Gasteiger partial charge is 0.119 e. The highest BCUT2D eigenvalue weighted by molar-refractivity contribution is 5.56. The Morgan fingerprint density at radius 1 is 0.944 bits per heavy atom. The fourth-order valence-electron chi connectivity index (χ4n) is 5.88. The van der Waals surface area contributed by atoms with Crippen molar-refractivity contribution in [2.45, 2.75) is 57.9 Å². The summed E-state index contributed by atoms with van der Waals surface area (Å²) in [4.78, 5) is 5.01. The molecule has 0 amide bonds. The minimum absolute atomic E-state index is 0.378. The Labute approximate surface area is 216 Å². The zero-order chi connectivity index (χ0) is 24.7. The molecule has 1 atom stereocenters. The predicted octanol–water partition coefficient (Wildman–Crippen LogP) is 6.56. The topological polar surface area (TPSA) is 35.9 Å². The summed E-state index contributed by atoms with van der Waals surface area (Å²) in [5.41, 5.74) is 6.76. The number of rotatable bonds is 9. The highest BCUT2D eigenvalue weighted by Gasteiger charge is 2.24. The van der Waals surface area contributed by atoms with Crippen molar-refractivity contribution in [3.8, 4) is 11.5 Å². The van der Waals surface area contributed by atoms with Gasteiger partial charge in [0.1, 0.15) is 18.1 Å². The van der Waals surface area contributed by atoms with Gasteiger partial charge in [-0.25, -0.2) is 0 Å². The van der Waals surface area contributed by atoms with E-state index in [4.69, 9.17) is 4.74 Å². The molecule has 36 heavy (non-hydrogen) atoms. The van der Waals surface area contributed by atoms with Crippen molar-refractivity contribution in [1.82, 2.24) is 4.90 Å². The van der Waals surface area contributed by atoms with Gasteiger partial charge in [-0.15, -0.1) is 0 Å². The second kappa shape index (κ2) is 11.8. The summed E-state index contributed by atoms with van der Waals surface area (Å²) in [5, 5.41) is 9.86. The zero-order valence-electron chi connectivity index (χ0n) is 21.7. The van der Waals surface area contributed by atoms with Crippen LogP contribution >= 0.6 is 0 Å². The molecular formula is C32H40N2O2. The van der Waals surface area contributed by atoms with Crippen LogP contribution in [0.3, 0.4) is 0 Å². The molecule has 190 valence electrons. The third-order valence-electron chi connectivity index (χ3n) is 7.94. The molecule has 1 saturated heterocycles. The van der Waals surface area contributed by atoms with Crippen LogP contribution in [0, 0.1) is 0 Å². The number of fused-ring (bicyclic) bond motifs is 1. The van der Waals surface area contributed by atoms with E-state index in [-0.39, 0.29) is 0 Å². The molecular weight excluding hydrogens is 444 g/mol. The minimum atomic E-state index is 0.378. The number of anilines is 1. The largest absolute Gasteiger partial charge is 0.508 e. The van der Waals surface area contributed by atoms with Crippen molar-refractivity contribution in [2.24, 2.45) is 0 Å². The Morgan fingerprint density at radius 2 is 1.75 bits per heavy atom. The predicted molar refractivity (Wildman–Crippen MR) is 148 cm³/mol. The monoisotopic (exact) mass is 484 g/mol. The first-order valence-electron chi connectivity index (χ1n) is 13.8. The van der Waals surface area contributed by atoms with Crippen LogP contribution in [-0.4, -0.2) is 42.8 Å². The summed E-state index contributed by atoms with van der Waals surface area (Å²) in [6.07, 6.45) is 7.20. The number of likely N-dealkylation sites (tertiary alicyclic amines) is 1. The Balaban J connectivity index is 1.22. The number of phenolic OH excluding ortho intramolecular Hbond substituents is 1. The maximum atomic E-state index is 9.86. The van der Waals surface area contributed by atoms with Crippen LogP contribution in [0.4, 0.5) is 5.69 Å². The van der Waals surface area contributed by atoms with Crippen molar-refractivity contribution in [2.75, 3.05) is 37.7 Å². The van der Waals surface area contributed by atoms with Crippen LogP contribution in [0.15, 0.2) is 66.7 Å². The average Bonchev–Trinajstić information content (AvgIpc) is 2.93. The molecule has 1 N–H and O–H groups in total. The van der Waals surface area contributed by atoms with Crippen molar-refractivity contribution in [3.63, 3.8) is 0 Å². The lowest BCUT2D eigenvalue weighted by Crippen LogP contribution is -2.33. The number of para-hydroxylation sites is 1. The first-order valence-corrected chi connectivity index (χ1v) is 13.8. The Kier molecular flexibility index (Phi) is 8.12. The second-order valence-corrected chi connectivity index (χ2v) is 10.4. The van der Waals surface area contributed by atoms with Gasteiger partial charge in [-0.1, -0.05) is 42.8 Å². The standard InChI is InChI=1S/C32H40N2O2/c1-2-34(24-25-10-16-30(17-11-25)36-21-20-33-18-6-3-7-19-33)32-9-5-4-8-31(32)28-13-12-27-23-29(35)15-14-26(27)22-28/h4-5,8-11,14-17,23,28,35H,2-3,6-7,12-13,18-22,24H2,1H3/t28-/m1/s1. The molecule has 1 aliphatic heterocycles. The molecule has 1 aliphatic carbocycles. The lowest BCUT2D eigenvalue weighted by molar-refractivity contribution is 0.183. The Morgan fingerprint density at radius 3 is 2.56 bits per heavy atom. The van der Waals surface area contributed by atoms with Crippen molar-refractivity contribution < 1.29 is 9.84 Å². The van der Waals surface area contributed by atoms with Crippen molar-refractivity contribution in [3.05, 3.63) is 89.0 Å². The Hall–Kier alpha value is -2.98. The number of phenols is 1. The molecule has 3 aromatic carbocycles. The van der Waals surface area contributed by atoms with Crippen LogP contribution in [-0.2, 0) is 19.4 Å². The van der Waals surface area contributed by atoms with E-state index >= 15 is 0 Å². The molecule has 1 fully saturated rings. The van der Waals surface area contributed by atoms with Gasteiger partial charge in [-0.2, -0.15) is 0 Å². The van der Waals surface area contributed by atoms with E-state index in [2.05, 4.69) is 71.3 Å². The van der Waals surface area contributed by atoms with Gasteiger partial charge in [0.25, 0.3) is 0 Å². The molecule has 0 aromatic heterocycles. The third-order valence-corrected chi connectivity index (χ3v) is 7.94. The summed E-state index contributed by atoms with van der Waals surface area (Å²) in [7, 11) is 0. The van der Waals surface area contributed by atoms with Crippen LogP contribution in [0.5, 0.6) is 11.5 Å². The summed E-state index contributed by atoms with van der Waals surface area (Å²) >= 11 is 0. The fraction of sp³-hybridized carbons (Fsp3) is 0.438. The molecule has 0 bridgehead atoms. The molecule has 2 aliphatic rings. The molecule has 0 saturated carbocycles. The van der Waals surface area contributed by atoms with E-state index < -0.39 is 0 Å². The number of benzene rings is 3. The SMILES string of the molecule is CCN(Cc1ccc(OCCN2CCCCC2)cc1)c1ccccc1[C@@H]1CCc2cc(O)ccc2C1. The first kappa shape index (κ1) is 24.7. The normalized spacial score (nSPS) is 18.0. The van der Waals surface area contributed by atoms with E-state index in [9.17, 15) is 5.11 Å². The molecule has 0 radical (unpaired) electrons. The minimum Gasteiger partial charge on any atom is -0.508 e. The average molecular weight is 485 g/mol. The number of nitrogens with zero attached hydrogens (tertiary/aromatic N) is 2. The zero-order valence-corrected chi connectivity index (χ0v) is 21.7. The number of ether oxygens (including phenoxy) is 1. The number of aromatic hydroxyl groups is 1. The van der Waals surface area contributed by atoms with Gasteiger partial charge in [0.2, 0.25) is 0 Å². The molecule has 5 rings (SSSR count). The molecule has 4 heteroatoms. The lowest BCUT2D eigenvalue weighted by Gasteiger charge is -2.31. The van der Waals surface area contributed by atoms with E-state index in [1.165, 1.54) is 60.3 Å². The van der Waals surface area contributed by atoms with Crippen LogP contribution in [0.1, 0.15) is 60.8 Å². The summed E-state index contributed by atoms with van der Waals surface area (Å²) < 4.78 is 6.04. The number of hydrogen-bond acceptors (Lipinski definition) is 4. The number of aryl methyl sites for hydroxylation is 1. The molecule has 4 nitrogen and oxygen atoms in total. The van der Waals surface area contributed by atoms with E-state index in [1.807, 2.05) is 12.1 Å². The number of hydrogen-bond donors (Lipinski definition) is 1. The third kappa shape index (κ3) is 6.04. The maximum Gasteiger partial charge on any atom is 0.119 e. The maximum absolute atomic E-state index is 9.86. The first-order chi connectivity index (χ1) is 17.7. The van der Waals surface area contributed by atoms with Crippen molar-refractivity contribution in [1.29, 1.82) is 0 Å². The summed E-state index contributed by atoms with van der Waals surface area (Å²) in [6, 6.07) is 23.5. The summed E-state index contributed by atoms with van der Waals surface area (Å²) in [6.45, 7) is 8.31. The van der Waals surface area contributed by atoms with Crippen LogP contribution in [0.25, 0.3) is 0 Å². The van der Waals surface area contributed by atoms with E-state index in [1.54, 1.807) is 0 Å². The molecule has 0 spiro atoms. The molecule has 0 unspecified atom stereocenters. The fourth-order valence-corrected chi connectivity index (χ4v) is 5.88. The lowest BCUT2D eigenvalue weighted by atomic mass is 9.79. The van der Waals surface area contributed by atoms with Crippen molar-refractivity contribution >= 4 is 5.69 Å². The molecule has 1 heterocycles. The van der Waals surface area contributed by atoms with Gasteiger partial charge in [0.05, 0.1) is 0 Å². The van der Waals surface area contributed by atoms with Crippen LogP contribution < -0.4 is 9.64 Å². The molecule has 3 aromatic rings. The van der Waals surface area contributed by atoms with Crippen LogP contribution in [0.2, 0.25) is 0 Å². The summed E-state index contributed by atoms with van der Waals surface area (Å²) in [5.74, 6) is 1.84. The van der Waals surface area contributed by atoms with Gasteiger partial charge < -0.3 is 14.7 Å². The van der Waals surface area contributed by atoms with Gasteiger partial charge in [0.15, 0.2) is 0 Å². The second-order valence-electron chi connectivity index (χ2n) is 10.4. The van der Waals surface area contributed by atoms with Gasteiger partial charge >= 0.3 is 0 Å². The van der Waals surface area contributed by atoms with Gasteiger partial charge in [0, 0.05) is 25.3 Å². The highest BCUT2D eigenvalue weighted by Crippen LogP contribution is 2.38. The Bertz CT molecular complexity index is 1120. The van der Waals surface area contributed by atoms with E-state index in [0.29, 0.717) is 11.7 Å². The van der Waals surface area contributed by atoms with Gasteiger partial charge in [-0.3, -0.25) is 4.90 Å². The van der Waals surface area contributed by atoms with E-state index in [0.717, 1.165) is 51.3 Å². The quantitative estimate of drug-likeness (QED) is 0.373. The highest BCUT2D eigenvalue weighted by atomic mass is 16.5. The van der Waals surface area contributed by atoms with Gasteiger partial charge in [-0.05, 0) is 111 Å².